The predicted octanol–water partition coefficient (Wildman–Crippen LogP) is 1.71. The van der Waals surface area contributed by atoms with Crippen LogP contribution in [0.1, 0.15) is 29.3 Å². The highest BCUT2D eigenvalue weighted by atomic mass is 19.4. The van der Waals surface area contributed by atoms with E-state index < -0.39 is 24.1 Å². The van der Waals surface area contributed by atoms with Gasteiger partial charge in [-0.25, -0.2) is 0 Å². The number of nitrogens with one attached hydrogen (secondary N) is 1. The Labute approximate surface area is 132 Å². The van der Waals surface area contributed by atoms with Gasteiger partial charge in [0.25, 0.3) is 5.91 Å². The molecule has 1 atom stereocenters. The number of carbonyl (C=O) groups is 2. The van der Waals surface area contributed by atoms with E-state index in [1.807, 2.05) is 0 Å². The molecular weight excluding hydrogens is 313 g/mol. The van der Waals surface area contributed by atoms with Gasteiger partial charge in [-0.3, -0.25) is 9.59 Å². The third-order valence-corrected chi connectivity index (χ3v) is 3.39. The summed E-state index contributed by atoms with van der Waals surface area (Å²) in [4.78, 5) is 24.3. The molecule has 128 valence electrons. The molecule has 2 N–H and O–H groups in total. The van der Waals surface area contributed by atoms with E-state index in [2.05, 4.69) is 5.32 Å². The van der Waals surface area contributed by atoms with Crippen LogP contribution in [0.2, 0.25) is 0 Å². The second-order valence-electron chi connectivity index (χ2n) is 5.47. The highest BCUT2D eigenvalue weighted by molar-refractivity contribution is 5.93. The van der Waals surface area contributed by atoms with Gasteiger partial charge < -0.3 is 15.3 Å². The molecule has 1 aromatic rings. The van der Waals surface area contributed by atoms with E-state index in [0.717, 1.165) is 4.90 Å². The summed E-state index contributed by atoms with van der Waals surface area (Å²) >= 11 is 0. The number of aliphatic hydroxyl groups is 1. The van der Waals surface area contributed by atoms with E-state index >= 15 is 0 Å². The number of halogens is 3. The van der Waals surface area contributed by atoms with Crippen molar-refractivity contribution < 1.29 is 27.9 Å². The third kappa shape index (κ3) is 4.95. The lowest BCUT2D eigenvalue weighted by atomic mass is 10.0. The largest absolute Gasteiger partial charge is 0.417 e. The molecule has 8 heteroatoms. The zero-order chi connectivity index (χ0) is 17.8. The fraction of sp³-hybridized carbons (Fsp3) is 0.467. The smallest absolute Gasteiger partial charge is 0.380 e. The normalized spacial score (nSPS) is 14.0. The van der Waals surface area contributed by atoms with Gasteiger partial charge in [-0.2, -0.15) is 13.2 Å². The van der Waals surface area contributed by atoms with Gasteiger partial charge in [0.05, 0.1) is 6.42 Å². The molecule has 0 aromatic heterocycles. The number of benzene rings is 1. The Kier molecular flexibility index (Phi) is 5.76. The Morgan fingerprint density at radius 1 is 1.22 bits per heavy atom. The van der Waals surface area contributed by atoms with E-state index in [1.165, 1.54) is 14.1 Å². The maximum atomic E-state index is 12.6. The first-order valence-electron chi connectivity index (χ1n) is 6.82. The minimum absolute atomic E-state index is 0.0702. The summed E-state index contributed by atoms with van der Waals surface area (Å²) in [5.74, 6) is -1.09. The molecule has 0 aliphatic heterocycles. The first-order valence-corrected chi connectivity index (χ1v) is 6.82. The molecule has 0 saturated carbocycles. The lowest BCUT2D eigenvalue weighted by Gasteiger charge is -2.28. The summed E-state index contributed by atoms with van der Waals surface area (Å²) in [5.41, 5.74) is -1.98. The van der Waals surface area contributed by atoms with Gasteiger partial charge in [-0.15, -0.1) is 0 Å². The number of amides is 2. The van der Waals surface area contributed by atoms with E-state index in [9.17, 15) is 27.9 Å². The molecule has 0 fully saturated rings. The second-order valence-corrected chi connectivity index (χ2v) is 5.47. The standard InChI is InChI=1S/C15H19F3N2O3/c1-14(23,15(16,17)18)8-12(21)20(3)9-10-4-6-11(7-5-10)13(22)19-2/h4-7,23H,8-9H2,1-3H3,(H,19,22)/t14-/m1/s1. The molecule has 5 nitrogen and oxygen atoms in total. The minimum atomic E-state index is -4.88. The highest BCUT2D eigenvalue weighted by Crippen LogP contribution is 2.33. The number of carbonyl (C=O) groups excluding carboxylic acids is 2. The summed E-state index contributed by atoms with van der Waals surface area (Å²) in [7, 11) is 2.84. The number of hydrogen-bond acceptors (Lipinski definition) is 3. The molecule has 2 amide bonds. The van der Waals surface area contributed by atoms with Crippen molar-refractivity contribution in [1.82, 2.24) is 10.2 Å². The van der Waals surface area contributed by atoms with Gasteiger partial charge in [0.1, 0.15) is 0 Å². The first kappa shape index (κ1) is 19.0. The van der Waals surface area contributed by atoms with Gasteiger partial charge in [0.15, 0.2) is 5.60 Å². The van der Waals surface area contributed by atoms with Crippen LogP contribution in [-0.4, -0.2) is 47.7 Å². The molecule has 1 rings (SSSR count). The summed E-state index contributed by atoms with van der Waals surface area (Å²) in [6, 6.07) is 6.32. The van der Waals surface area contributed by atoms with Gasteiger partial charge in [-0.1, -0.05) is 12.1 Å². The Bertz CT molecular complexity index is 568. The minimum Gasteiger partial charge on any atom is -0.380 e. The Hall–Kier alpha value is -2.09. The zero-order valence-electron chi connectivity index (χ0n) is 13.1. The molecule has 0 aliphatic rings. The van der Waals surface area contributed by atoms with Crippen LogP contribution in [0, 0.1) is 0 Å². The average Bonchev–Trinajstić information content (AvgIpc) is 2.45. The predicted molar refractivity (Wildman–Crippen MR) is 77.6 cm³/mol. The Morgan fingerprint density at radius 3 is 2.17 bits per heavy atom. The summed E-state index contributed by atoms with van der Waals surface area (Å²) < 4.78 is 37.7. The van der Waals surface area contributed by atoms with Crippen molar-refractivity contribution in [2.24, 2.45) is 0 Å². The molecule has 0 saturated heterocycles. The van der Waals surface area contributed by atoms with E-state index in [4.69, 9.17) is 0 Å². The van der Waals surface area contributed by atoms with Crippen LogP contribution in [0.4, 0.5) is 13.2 Å². The maximum Gasteiger partial charge on any atom is 0.417 e. The van der Waals surface area contributed by atoms with Crippen molar-refractivity contribution in [2.75, 3.05) is 14.1 Å². The van der Waals surface area contributed by atoms with E-state index in [1.54, 1.807) is 24.3 Å². The molecule has 0 spiro atoms. The second kappa shape index (κ2) is 6.99. The molecular formula is C15H19F3N2O3. The van der Waals surface area contributed by atoms with Crippen LogP contribution in [0.3, 0.4) is 0 Å². The molecule has 0 heterocycles. The average molecular weight is 332 g/mol. The fourth-order valence-corrected chi connectivity index (χ4v) is 1.80. The van der Waals surface area contributed by atoms with Crippen molar-refractivity contribution >= 4 is 11.8 Å². The summed E-state index contributed by atoms with van der Waals surface area (Å²) in [6.07, 6.45) is -5.93. The lowest BCUT2D eigenvalue weighted by molar-refractivity contribution is -0.254. The summed E-state index contributed by atoms with van der Waals surface area (Å²) in [6.45, 7) is 0.637. The van der Waals surface area contributed by atoms with Crippen molar-refractivity contribution in [3.63, 3.8) is 0 Å². The van der Waals surface area contributed by atoms with E-state index in [0.29, 0.717) is 18.1 Å². The van der Waals surface area contributed by atoms with Crippen LogP contribution in [0.5, 0.6) is 0 Å². The molecule has 23 heavy (non-hydrogen) atoms. The van der Waals surface area contributed by atoms with Gasteiger partial charge in [-0.05, 0) is 24.6 Å². The Balaban J connectivity index is 2.70. The molecule has 0 unspecified atom stereocenters. The van der Waals surface area contributed by atoms with Gasteiger partial charge in [0.2, 0.25) is 5.91 Å². The highest BCUT2D eigenvalue weighted by Gasteiger charge is 2.51. The zero-order valence-corrected chi connectivity index (χ0v) is 13.1. The number of rotatable bonds is 5. The fourth-order valence-electron chi connectivity index (χ4n) is 1.80. The van der Waals surface area contributed by atoms with Gasteiger partial charge >= 0.3 is 6.18 Å². The number of hydrogen-bond donors (Lipinski definition) is 2. The van der Waals surface area contributed by atoms with Gasteiger partial charge in [0, 0.05) is 26.2 Å². The van der Waals surface area contributed by atoms with Crippen LogP contribution in [0.25, 0.3) is 0 Å². The summed E-state index contributed by atoms with van der Waals surface area (Å²) in [5, 5.41) is 11.8. The van der Waals surface area contributed by atoms with E-state index in [-0.39, 0.29) is 12.5 Å². The molecule has 0 aliphatic carbocycles. The Morgan fingerprint density at radius 2 is 1.74 bits per heavy atom. The van der Waals surface area contributed by atoms with Crippen molar-refractivity contribution in [3.05, 3.63) is 35.4 Å². The lowest BCUT2D eigenvalue weighted by Crippen LogP contribution is -2.46. The van der Waals surface area contributed by atoms with Crippen LogP contribution in [-0.2, 0) is 11.3 Å². The molecule has 0 bridgehead atoms. The van der Waals surface area contributed by atoms with Crippen molar-refractivity contribution in [1.29, 1.82) is 0 Å². The molecule has 0 radical (unpaired) electrons. The quantitative estimate of drug-likeness (QED) is 0.862. The number of nitrogens with zero attached hydrogens (tertiary/aromatic N) is 1. The van der Waals surface area contributed by atoms with Crippen LogP contribution in [0.15, 0.2) is 24.3 Å². The molecule has 1 aromatic carbocycles. The first-order chi connectivity index (χ1) is 10.5. The monoisotopic (exact) mass is 332 g/mol. The SMILES string of the molecule is CNC(=O)c1ccc(CN(C)C(=O)C[C@@](C)(O)C(F)(F)F)cc1. The third-order valence-electron chi connectivity index (χ3n) is 3.39. The van der Waals surface area contributed by atoms with Crippen LogP contribution < -0.4 is 5.32 Å². The van der Waals surface area contributed by atoms with Crippen molar-refractivity contribution in [2.45, 2.75) is 31.7 Å². The van der Waals surface area contributed by atoms with Crippen molar-refractivity contribution in [3.8, 4) is 0 Å². The topological polar surface area (TPSA) is 69.6 Å². The van der Waals surface area contributed by atoms with Crippen LogP contribution >= 0.6 is 0 Å². The number of alkyl halides is 3. The maximum absolute atomic E-state index is 12.6.